The second-order valence-electron chi connectivity index (χ2n) is 3.77. The Hall–Kier alpha value is -2.09. The van der Waals surface area contributed by atoms with Gasteiger partial charge in [0.25, 0.3) is 0 Å². The van der Waals surface area contributed by atoms with Gasteiger partial charge in [-0.2, -0.15) is 0 Å². The van der Waals surface area contributed by atoms with E-state index in [1.54, 1.807) is 6.92 Å². The number of rotatable bonds is 5. The normalized spacial score (nSPS) is 10.8. The van der Waals surface area contributed by atoms with Gasteiger partial charge in [-0.15, -0.1) is 0 Å². The zero-order chi connectivity index (χ0) is 14.6. The highest BCUT2D eigenvalue weighted by molar-refractivity contribution is 7.93. The van der Waals surface area contributed by atoms with E-state index in [1.807, 2.05) is 0 Å². The van der Waals surface area contributed by atoms with Crippen LogP contribution in [0.3, 0.4) is 0 Å². The molecule has 0 saturated carbocycles. The van der Waals surface area contributed by atoms with Crippen LogP contribution in [0.5, 0.6) is 0 Å². The van der Waals surface area contributed by atoms with Gasteiger partial charge in [-0.05, 0) is 24.6 Å². The van der Waals surface area contributed by atoms with Gasteiger partial charge in [0.15, 0.2) is 5.75 Å². The Bertz CT molecular complexity index is 608. The van der Waals surface area contributed by atoms with Crippen molar-refractivity contribution in [1.29, 1.82) is 0 Å². The monoisotopic (exact) mass is 287 g/mol. The molecule has 0 atom stereocenters. The van der Waals surface area contributed by atoms with Crippen molar-refractivity contribution in [2.24, 2.45) is 0 Å². The van der Waals surface area contributed by atoms with E-state index in [0.29, 0.717) is 5.56 Å². The lowest BCUT2D eigenvalue weighted by molar-refractivity contribution is -0.137. The molecule has 104 valence electrons. The van der Waals surface area contributed by atoms with Crippen molar-refractivity contribution in [3.8, 4) is 0 Å². The van der Waals surface area contributed by atoms with Crippen molar-refractivity contribution in [2.45, 2.75) is 6.92 Å². The van der Waals surface area contributed by atoms with E-state index in [2.05, 4.69) is 9.46 Å². The number of methoxy groups -OCH3 is 1. The third-order valence-corrected chi connectivity index (χ3v) is 3.44. The molecule has 0 aliphatic rings. The molecule has 0 bridgehead atoms. The first kappa shape index (κ1) is 15.0. The van der Waals surface area contributed by atoms with Crippen LogP contribution >= 0.6 is 0 Å². The average molecular weight is 287 g/mol. The highest BCUT2D eigenvalue weighted by atomic mass is 32.2. The van der Waals surface area contributed by atoms with Gasteiger partial charge >= 0.3 is 11.9 Å². The number of hydrogen-bond donors (Lipinski definition) is 2. The first-order chi connectivity index (χ1) is 8.75. The van der Waals surface area contributed by atoms with Crippen LogP contribution in [0.4, 0.5) is 5.69 Å². The Balaban J connectivity index is 2.97. The van der Waals surface area contributed by atoms with Gasteiger partial charge in [0, 0.05) is 5.69 Å². The molecule has 0 radical (unpaired) electrons. The number of anilines is 1. The standard InChI is InChI=1S/C11H13NO6S/c1-7-3-4-8(5-9(7)11(14)15)12-19(16,17)6-10(13)18-2/h3-5,12H,6H2,1-2H3,(H,14,15). The minimum atomic E-state index is -3.92. The summed E-state index contributed by atoms with van der Waals surface area (Å²) in [5, 5.41) is 8.92. The summed E-state index contributed by atoms with van der Waals surface area (Å²) >= 11 is 0. The maximum absolute atomic E-state index is 11.6. The molecule has 0 saturated heterocycles. The molecule has 0 fully saturated rings. The largest absolute Gasteiger partial charge is 0.478 e. The third kappa shape index (κ3) is 4.25. The highest BCUT2D eigenvalue weighted by Gasteiger charge is 2.18. The summed E-state index contributed by atoms with van der Waals surface area (Å²) in [6.45, 7) is 1.59. The van der Waals surface area contributed by atoms with E-state index in [4.69, 9.17) is 5.11 Å². The minimum absolute atomic E-state index is 0.0155. The zero-order valence-corrected chi connectivity index (χ0v) is 11.2. The van der Waals surface area contributed by atoms with Crippen molar-refractivity contribution in [3.05, 3.63) is 29.3 Å². The highest BCUT2D eigenvalue weighted by Crippen LogP contribution is 2.16. The SMILES string of the molecule is COC(=O)CS(=O)(=O)Nc1ccc(C)c(C(=O)O)c1. The first-order valence-electron chi connectivity index (χ1n) is 5.16. The van der Waals surface area contributed by atoms with Crippen LogP contribution in [0, 0.1) is 6.92 Å². The number of carboxylic acids is 1. The van der Waals surface area contributed by atoms with Crippen molar-refractivity contribution in [3.63, 3.8) is 0 Å². The number of hydrogen-bond acceptors (Lipinski definition) is 5. The quantitative estimate of drug-likeness (QED) is 0.768. The van der Waals surface area contributed by atoms with Gasteiger partial charge in [-0.1, -0.05) is 6.07 Å². The van der Waals surface area contributed by atoms with Gasteiger partial charge in [0.05, 0.1) is 12.7 Å². The Morgan fingerprint density at radius 2 is 2.00 bits per heavy atom. The molecule has 0 aliphatic carbocycles. The number of ether oxygens (including phenoxy) is 1. The topological polar surface area (TPSA) is 110 Å². The molecule has 2 N–H and O–H groups in total. The van der Waals surface area contributed by atoms with Crippen LogP contribution in [0.15, 0.2) is 18.2 Å². The van der Waals surface area contributed by atoms with Gasteiger partial charge in [0.1, 0.15) is 0 Å². The smallest absolute Gasteiger partial charge is 0.336 e. The predicted molar refractivity (Wildman–Crippen MR) is 67.6 cm³/mol. The molecule has 0 aromatic heterocycles. The molecular weight excluding hydrogens is 274 g/mol. The molecule has 1 aromatic carbocycles. The van der Waals surface area contributed by atoms with E-state index in [9.17, 15) is 18.0 Å². The number of aromatic carboxylic acids is 1. The van der Waals surface area contributed by atoms with Crippen molar-refractivity contribution >= 4 is 27.6 Å². The molecule has 0 spiro atoms. The molecular formula is C11H13NO6S. The predicted octanol–water partition coefficient (Wildman–Crippen LogP) is 0.608. The summed E-state index contributed by atoms with van der Waals surface area (Å²) in [5.41, 5.74) is 0.564. The van der Waals surface area contributed by atoms with Crippen LogP contribution in [0.2, 0.25) is 0 Å². The van der Waals surface area contributed by atoms with Gasteiger partial charge < -0.3 is 9.84 Å². The second-order valence-corrected chi connectivity index (χ2v) is 5.49. The molecule has 0 amide bonds. The number of carbonyl (C=O) groups is 2. The maximum Gasteiger partial charge on any atom is 0.336 e. The van der Waals surface area contributed by atoms with Crippen LogP contribution in [0.25, 0.3) is 0 Å². The average Bonchev–Trinajstić information content (AvgIpc) is 2.30. The first-order valence-corrected chi connectivity index (χ1v) is 6.81. The number of aryl methyl sites for hydroxylation is 1. The molecule has 1 rings (SSSR count). The van der Waals surface area contributed by atoms with Crippen molar-refractivity contribution < 1.29 is 27.9 Å². The number of carbonyl (C=O) groups excluding carboxylic acids is 1. The summed E-state index contributed by atoms with van der Waals surface area (Å²) in [5.74, 6) is -2.90. The number of carboxylic acid groups (broad SMARTS) is 1. The molecule has 8 heteroatoms. The van der Waals surface area contributed by atoms with Gasteiger partial charge in [-0.3, -0.25) is 9.52 Å². The van der Waals surface area contributed by atoms with Crippen LogP contribution in [0.1, 0.15) is 15.9 Å². The lowest BCUT2D eigenvalue weighted by atomic mass is 10.1. The fourth-order valence-corrected chi connectivity index (χ4v) is 2.33. The molecule has 7 nitrogen and oxygen atoms in total. The van der Waals surface area contributed by atoms with Crippen LogP contribution in [-0.2, 0) is 19.6 Å². The van der Waals surface area contributed by atoms with E-state index in [-0.39, 0.29) is 11.3 Å². The third-order valence-electron chi connectivity index (χ3n) is 2.28. The number of benzene rings is 1. The van der Waals surface area contributed by atoms with Gasteiger partial charge in [0.2, 0.25) is 10.0 Å². The molecule has 19 heavy (non-hydrogen) atoms. The van der Waals surface area contributed by atoms with Crippen LogP contribution in [-0.4, -0.2) is 38.3 Å². The number of esters is 1. The summed E-state index contributed by atoms with van der Waals surface area (Å²) in [4.78, 5) is 21.8. The lowest BCUT2D eigenvalue weighted by Crippen LogP contribution is -2.23. The number of sulfonamides is 1. The van der Waals surface area contributed by atoms with E-state index in [1.165, 1.54) is 18.2 Å². The summed E-state index contributed by atoms with van der Waals surface area (Å²) in [7, 11) is -2.84. The summed E-state index contributed by atoms with van der Waals surface area (Å²) in [6.07, 6.45) is 0. The lowest BCUT2D eigenvalue weighted by Gasteiger charge is -2.09. The Morgan fingerprint density at radius 1 is 1.37 bits per heavy atom. The van der Waals surface area contributed by atoms with E-state index >= 15 is 0 Å². The Kier molecular flexibility index (Phi) is 4.49. The number of nitrogens with one attached hydrogen (secondary N) is 1. The summed E-state index contributed by atoms with van der Waals surface area (Å²) < 4.78 is 29.5. The zero-order valence-electron chi connectivity index (χ0n) is 10.3. The minimum Gasteiger partial charge on any atom is -0.478 e. The van der Waals surface area contributed by atoms with Crippen LogP contribution < -0.4 is 4.72 Å². The fourth-order valence-electron chi connectivity index (χ4n) is 1.35. The van der Waals surface area contributed by atoms with Crippen molar-refractivity contribution in [2.75, 3.05) is 17.6 Å². The van der Waals surface area contributed by atoms with E-state index in [0.717, 1.165) is 7.11 Å². The Morgan fingerprint density at radius 3 is 2.53 bits per heavy atom. The Labute approximate surface area is 110 Å². The molecule has 1 aromatic rings. The maximum atomic E-state index is 11.6. The second kappa shape index (κ2) is 5.70. The molecule has 0 aliphatic heterocycles. The van der Waals surface area contributed by atoms with Crippen molar-refractivity contribution in [1.82, 2.24) is 0 Å². The fraction of sp³-hybridized carbons (Fsp3) is 0.273. The molecule has 0 unspecified atom stereocenters. The summed E-state index contributed by atoms with van der Waals surface area (Å²) in [6, 6.07) is 4.07. The van der Waals surface area contributed by atoms with E-state index < -0.39 is 27.7 Å². The van der Waals surface area contributed by atoms with Gasteiger partial charge in [-0.25, -0.2) is 13.2 Å². The molecule has 0 heterocycles.